The van der Waals surface area contributed by atoms with Crippen molar-refractivity contribution in [2.75, 3.05) is 13.7 Å². The van der Waals surface area contributed by atoms with Gasteiger partial charge in [0.15, 0.2) is 5.82 Å². The number of rotatable bonds is 8. The van der Waals surface area contributed by atoms with Crippen LogP contribution in [0, 0.1) is 0 Å². The number of aryl methyl sites for hydroxylation is 1. The second-order valence-electron chi connectivity index (χ2n) is 5.63. The SMILES string of the molecule is CCCCc1noc(CN(CC(=O)OC)C2CCCC2)n1. The van der Waals surface area contributed by atoms with E-state index in [4.69, 9.17) is 9.26 Å². The summed E-state index contributed by atoms with van der Waals surface area (Å²) >= 11 is 0. The molecule has 0 aliphatic heterocycles. The van der Waals surface area contributed by atoms with E-state index in [9.17, 15) is 4.79 Å². The monoisotopic (exact) mass is 295 g/mol. The van der Waals surface area contributed by atoms with Crippen LogP contribution in [0.2, 0.25) is 0 Å². The Morgan fingerprint density at radius 2 is 2.19 bits per heavy atom. The number of methoxy groups -OCH3 is 1. The smallest absolute Gasteiger partial charge is 0.319 e. The summed E-state index contributed by atoms with van der Waals surface area (Å²) in [4.78, 5) is 18.1. The largest absolute Gasteiger partial charge is 0.468 e. The number of unbranched alkanes of at least 4 members (excludes halogenated alkanes) is 1. The van der Waals surface area contributed by atoms with Crippen LogP contribution < -0.4 is 0 Å². The molecular formula is C15H25N3O3. The Kier molecular flexibility index (Phi) is 6.17. The Hall–Kier alpha value is -1.43. The summed E-state index contributed by atoms with van der Waals surface area (Å²) in [5, 5.41) is 4.00. The van der Waals surface area contributed by atoms with Gasteiger partial charge in [-0.1, -0.05) is 31.3 Å². The minimum Gasteiger partial charge on any atom is -0.468 e. The minimum atomic E-state index is -0.215. The number of aromatic nitrogens is 2. The van der Waals surface area contributed by atoms with Crippen molar-refractivity contribution in [1.29, 1.82) is 0 Å². The molecule has 0 amide bonds. The third-order valence-corrected chi connectivity index (χ3v) is 4.00. The molecule has 0 radical (unpaired) electrons. The van der Waals surface area contributed by atoms with Gasteiger partial charge in [0.2, 0.25) is 5.89 Å². The van der Waals surface area contributed by atoms with Crippen LogP contribution in [-0.2, 0) is 22.5 Å². The van der Waals surface area contributed by atoms with Crippen molar-refractivity contribution in [2.24, 2.45) is 0 Å². The van der Waals surface area contributed by atoms with Crippen molar-refractivity contribution in [3.05, 3.63) is 11.7 Å². The molecule has 1 fully saturated rings. The van der Waals surface area contributed by atoms with Crippen molar-refractivity contribution in [1.82, 2.24) is 15.0 Å². The molecule has 6 heteroatoms. The maximum atomic E-state index is 11.6. The normalized spacial score (nSPS) is 15.8. The van der Waals surface area contributed by atoms with Crippen LogP contribution >= 0.6 is 0 Å². The van der Waals surface area contributed by atoms with Crippen LogP contribution in [0.1, 0.15) is 57.2 Å². The summed E-state index contributed by atoms with van der Waals surface area (Å²) in [6, 6.07) is 0.412. The molecule has 0 spiro atoms. The summed E-state index contributed by atoms with van der Waals surface area (Å²) < 4.78 is 10.1. The molecule has 0 atom stereocenters. The molecule has 6 nitrogen and oxygen atoms in total. The average Bonchev–Trinajstić information content (AvgIpc) is 3.15. The van der Waals surface area contributed by atoms with Gasteiger partial charge in [-0.05, 0) is 19.3 Å². The lowest BCUT2D eigenvalue weighted by Gasteiger charge is -2.25. The van der Waals surface area contributed by atoms with Gasteiger partial charge in [-0.15, -0.1) is 0 Å². The molecule has 2 rings (SSSR count). The van der Waals surface area contributed by atoms with E-state index in [1.54, 1.807) is 0 Å². The van der Waals surface area contributed by atoms with Gasteiger partial charge in [-0.3, -0.25) is 9.69 Å². The highest BCUT2D eigenvalue weighted by molar-refractivity contribution is 5.71. The lowest BCUT2D eigenvalue weighted by Crippen LogP contribution is -2.37. The number of ether oxygens (including phenoxy) is 1. The molecule has 1 aromatic heterocycles. The van der Waals surface area contributed by atoms with Gasteiger partial charge in [-0.2, -0.15) is 4.98 Å². The molecule has 0 N–H and O–H groups in total. The molecular weight excluding hydrogens is 270 g/mol. The van der Waals surface area contributed by atoms with Gasteiger partial charge in [0.25, 0.3) is 0 Å². The van der Waals surface area contributed by atoms with E-state index in [1.165, 1.54) is 20.0 Å². The Balaban J connectivity index is 1.96. The van der Waals surface area contributed by atoms with Gasteiger partial charge in [0.05, 0.1) is 20.2 Å². The van der Waals surface area contributed by atoms with Gasteiger partial charge in [0, 0.05) is 12.5 Å². The molecule has 0 unspecified atom stereocenters. The number of carbonyl (C=O) groups is 1. The average molecular weight is 295 g/mol. The molecule has 1 heterocycles. The zero-order chi connectivity index (χ0) is 15.1. The molecule has 1 aliphatic rings. The van der Waals surface area contributed by atoms with Crippen molar-refractivity contribution in [3.8, 4) is 0 Å². The van der Waals surface area contributed by atoms with E-state index in [-0.39, 0.29) is 12.5 Å². The zero-order valence-electron chi connectivity index (χ0n) is 13.0. The fourth-order valence-corrected chi connectivity index (χ4v) is 2.78. The first-order valence-electron chi connectivity index (χ1n) is 7.85. The molecule has 0 aromatic carbocycles. The number of nitrogens with zero attached hydrogens (tertiary/aromatic N) is 3. The first kappa shape index (κ1) is 15.9. The van der Waals surface area contributed by atoms with Gasteiger partial charge in [-0.25, -0.2) is 0 Å². The number of hydrogen-bond acceptors (Lipinski definition) is 6. The van der Waals surface area contributed by atoms with Crippen LogP contribution in [-0.4, -0.2) is 40.7 Å². The van der Waals surface area contributed by atoms with E-state index in [1.807, 2.05) is 0 Å². The molecule has 21 heavy (non-hydrogen) atoms. The lowest BCUT2D eigenvalue weighted by atomic mass is 10.2. The number of esters is 1. The number of carbonyl (C=O) groups excluding carboxylic acids is 1. The minimum absolute atomic E-state index is 0.215. The lowest BCUT2D eigenvalue weighted by molar-refractivity contribution is -0.142. The maximum Gasteiger partial charge on any atom is 0.319 e. The Morgan fingerprint density at radius 1 is 1.43 bits per heavy atom. The topological polar surface area (TPSA) is 68.5 Å². The second-order valence-corrected chi connectivity index (χ2v) is 5.63. The van der Waals surface area contributed by atoms with E-state index in [0.717, 1.165) is 37.9 Å². The molecule has 1 aromatic rings. The van der Waals surface area contributed by atoms with Crippen molar-refractivity contribution in [2.45, 2.75) is 64.5 Å². The van der Waals surface area contributed by atoms with E-state index >= 15 is 0 Å². The standard InChI is InChI=1S/C15H25N3O3/c1-3-4-9-13-16-14(21-17-13)10-18(11-15(19)20-2)12-7-5-6-8-12/h12H,3-11H2,1-2H3. The fraction of sp³-hybridized carbons (Fsp3) is 0.800. The quantitative estimate of drug-likeness (QED) is 0.686. The summed E-state index contributed by atoms with van der Waals surface area (Å²) in [6.07, 6.45) is 7.69. The van der Waals surface area contributed by atoms with E-state index in [0.29, 0.717) is 18.5 Å². The first-order valence-corrected chi connectivity index (χ1v) is 7.85. The van der Waals surface area contributed by atoms with Gasteiger partial charge >= 0.3 is 5.97 Å². The van der Waals surface area contributed by atoms with Crippen LogP contribution in [0.4, 0.5) is 0 Å². The third-order valence-electron chi connectivity index (χ3n) is 4.00. The van der Waals surface area contributed by atoms with Gasteiger partial charge < -0.3 is 9.26 Å². The first-order chi connectivity index (χ1) is 10.2. The Labute approximate surface area is 125 Å². The highest BCUT2D eigenvalue weighted by atomic mass is 16.5. The molecule has 0 saturated heterocycles. The fourth-order valence-electron chi connectivity index (χ4n) is 2.78. The highest BCUT2D eigenvalue weighted by Crippen LogP contribution is 2.24. The molecule has 118 valence electrons. The summed E-state index contributed by atoms with van der Waals surface area (Å²) in [6.45, 7) is 2.95. The van der Waals surface area contributed by atoms with Crippen molar-refractivity contribution in [3.63, 3.8) is 0 Å². The van der Waals surface area contributed by atoms with Crippen LogP contribution in [0.3, 0.4) is 0 Å². The van der Waals surface area contributed by atoms with Crippen molar-refractivity contribution >= 4 is 5.97 Å². The van der Waals surface area contributed by atoms with E-state index < -0.39 is 0 Å². The highest BCUT2D eigenvalue weighted by Gasteiger charge is 2.26. The number of hydrogen-bond donors (Lipinski definition) is 0. The summed E-state index contributed by atoms with van der Waals surface area (Å²) in [5.41, 5.74) is 0. The van der Waals surface area contributed by atoms with Crippen LogP contribution in [0.5, 0.6) is 0 Å². The molecule has 1 saturated carbocycles. The Morgan fingerprint density at radius 3 is 2.86 bits per heavy atom. The maximum absolute atomic E-state index is 11.6. The molecule has 0 bridgehead atoms. The third kappa shape index (κ3) is 4.81. The molecule has 1 aliphatic carbocycles. The van der Waals surface area contributed by atoms with Gasteiger partial charge in [0.1, 0.15) is 0 Å². The summed E-state index contributed by atoms with van der Waals surface area (Å²) in [5.74, 6) is 1.14. The van der Waals surface area contributed by atoms with Crippen LogP contribution in [0.25, 0.3) is 0 Å². The van der Waals surface area contributed by atoms with E-state index in [2.05, 4.69) is 22.0 Å². The predicted molar refractivity (Wildman–Crippen MR) is 77.6 cm³/mol. The predicted octanol–water partition coefficient (Wildman–Crippen LogP) is 2.33. The zero-order valence-corrected chi connectivity index (χ0v) is 13.0. The Bertz CT molecular complexity index is 441. The van der Waals surface area contributed by atoms with Crippen LogP contribution in [0.15, 0.2) is 4.52 Å². The van der Waals surface area contributed by atoms with Crippen molar-refractivity contribution < 1.29 is 14.1 Å². The summed E-state index contributed by atoms with van der Waals surface area (Å²) in [7, 11) is 1.42. The second kappa shape index (κ2) is 8.12.